The predicted octanol–water partition coefficient (Wildman–Crippen LogP) is 4.34. The van der Waals surface area contributed by atoms with Gasteiger partial charge in [-0.2, -0.15) is 0 Å². The normalized spacial score (nSPS) is 30.3. The minimum absolute atomic E-state index is 0.0147. The number of benzene rings is 2. The average molecular weight is 753 g/mol. The van der Waals surface area contributed by atoms with E-state index in [-0.39, 0.29) is 25.5 Å². The molecule has 14 heteroatoms. The van der Waals surface area contributed by atoms with E-state index in [1.807, 2.05) is 24.3 Å². The Hall–Kier alpha value is -3.91. The lowest BCUT2D eigenvalue weighted by Gasteiger charge is -2.31. The van der Waals surface area contributed by atoms with Gasteiger partial charge in [-0.25, -0.2) is 13.2 Å². The molecule has 288 valence electrons. The van der Waals surface area contributed by atoms with E-state index in [0.717, 1.165) is 72.6 Å². The molecule has 2 aromatic carbocycles. The summed E-state index contributed by atoms with van der Waals surface area (Å²) in [5, 5.41) is 7.14. The number of ether oxygens (including phenoxy) is 3. The summed E-state index contributed by atoms with van der Waals surface area (Å²) in [6.45, 7) is 0.234. The Labute approximate surface area is 311 Å². The van der Waals surface area contributed by atoms with Crippen LogP contribution in [0.1, 0.15) is 101 Å². The van der Waals surface area contributed by atoms with Crippen molar-refractivity contribution in [3.8, 4) is 5.75 Å². The molecule has 13 nitrogen and oxygen atoms in total. The van der Waals surface area contributed by atoms with E-state index in [2.05, 4.69) is 21.4 Å². The van der Waals surface area contributed by atoms with Gasteiger partial charge in [0.1, 0.15) is 29.0 Å². The summed E-state index contributed by atoms with van der Waals surface area (Å²) in [6.07, 6.45) is 9.03. The quantitative estimate of drug-likeness (QED) is 0.402. The van der Waals surface area contributed by atoms with Crippen LogP contribution in [-0.4, -0.2) is 87.4 Å². The fourth-order valence-electron chi connectivity index (χ4n) is 8.63. The largest absolute Gasteiger partial charge is 0.496 e. The van der Waals surface area contributed by atoms with Gasteiger partial charge in [-0.3, -0.25) is 19.1 Å². The zero-order valence-electron chi connectivity index (χ0n) is 30.7. The van der Waals surface area contributed by atoms with E-state index < -0.39 is 62.3 Å². The van der Waals surface area contributed by atoms with Crippen molar-refractivity contribution in [2.24, 2.45) is 5.92 Å². The van der Waals surface area contributed by atoms with Crippen LogP contribution in [0.5, 0.6) is 5.75 Å². The molecule has 0 spiro atoms. The molecular formula is C39H52N4O9S. The third-order valence-electron chi connectivity index (χ3n) is 12.1. The molecule has 3 aliphatic heterocycles. The first-order valence-electron chi connectivity index (χ1n) is 19.3. The molecule has 5 aliphatic rings. The number of aryl methyl sites for hydroxylation is 1. The molecule has 4 amide bonds. The summed E-state index contributed by atoms with van der Waals surface area (Å²) in [5.41, 5.74) is -0.657. The van der Waals surface area contributed by atoms with Crippen molar-refractivity contribution in [2.75, 3.05) is 27.4 Å². The Morgan fingerprint density at radius 1 is 0.906 bits per heavy atom. The average Bonchev–Trinajstić information content (AvgIpc) is 4.07. The lowest BCUT2D eigenvalue weighted by Crippen LogP contribution is -2.58. The zero-order valence-corrected chi connectivity index (χ0v) is 31.6. The lowest BCUT2D eigenvalue weighted by molar-refractivity contribution is -0.141. The van der Waals surface area contributed by atoms with Crippen molar-refractivity contribution >= 4 is 44.6 Å². The second-order valence-electron chi connectivity index (χ2n) is 15.6. The number of rotatable bonds is 5. The van der Waals surface area contributed by atoms with Crippen molar-refractivity contribution in [3.63, 3.8) is 0 Å². The summed E-state index contributed by atoms with van der Waals surface area (Å²) in [6, 6.07) is 8.11. The van der Waals surface area contributed by atoms with E-state index in [4.69, 9.17) is 14.2 Å². The van der Waals surface area contributed by atoms with E-state index in [1.165, 1.54) is 4.90 Å². The zero-order chi connectivity index (χ0) is 37.4. The third kappa shape index (κ3) is 7.71. The van der Waals surface area contributed by atoms with Crippen molar-refractivity contribution < 1.29 is 41.8 Å². The molecule has 4 fully saturated rings. The van der Waals surface area contributed by atoms with Gasteiger partial charge in [-0.1, -0.05) is 50.7 Å². The number of hydrogen-bond donors (Lipinski definition) is 3. The van der Waals surface area contributed by atoms with Crippen LogP contribution in [0.4, 0.5) is 4.79 Å². The number of cyclic esters (lactones) is 1. The minimum Gasteiger partial charge on any atom is -0.496 e. The fraction of sp³-hybridized carbons (Fsp3) is 0.641. The monoisotopic (exact) mass is 752 g/mol. The maximum atomic E-state index is 14.6. The summed E-state index contributed by atoms with van der Waals surface area (Å²) in [5.74, 6) is -1.15. The fourth-order valence-corrected chi connectivity index (χ4v) is 9.99. The van der Waals surface area contributed by atoms with Gasteiger partial charge >= 0.3 is 6.09 Å². The van der Waals surface area contributed by atoms with Crippen LogP contribution in [0, 0.1) is 5.92 Å². The van der Waals surface area contributed by atoms with Crippen molar-refractivity contribution in [3.05, 3.63) is 41.5 Å². The standard InChI is InChI=1S/C39H52N4O9S/c1-50-33-21-25-14-15-28-20-27(25)19-26(33)11-7-5-6-10-18-52-37(47)40-31-13-9-4-3-8-12-29-22-39(29,36(46)42-53(48,49)30-16-17-30)41-34(44)32-23-38(28,51-2)24-43(32)35(31)45/h14-15,19-21,29-32H,3-13,16-18,22-24H2,1-2H3,(H,40,47)(H,41,44)(H,42,46)/t29?,31-,32-,38-,39+/m0/s1. The molecular weight excluding hydrogens is 701 g/mol. The first kappa shape index (κ1) is 37.4. The molecule has 2 aromatic rings. The van der Waals surface area contributed by atoms with Gasteiger partial charge in [0.15, 0.2) is 0 Å². The number of nitrogens with one attached hydrogen (secondary N) is 3. The molecule has 7 rings (SSSR count). The van der Waals surface area contributed by atoms with E-state index in [1.54, 1.807) is 14.2 Å². The smallest absolute Gasteiger partial charge is 0.407 e. The van der Waals surface area contributed by atoms with E-state index >= 15 is 0 Å². The number of carbonyl (C=O) groups excluding carboxylic acids is 4. The van der Waals surface area contributed by atoms with Gasteiger partial charge in [0.25, 0.3) is 5.91 Å². The second kappa shape index (κ2) is 15.1. The Bertz CT molecular complexity index is 1870. The van der Waals surface area contributed by atoms with Gasteiger partial charge in [0.2, 0.25) is 21.8 Å². The van der Waals surface area contributed by atoms with Crippen LogP contribution in [0.3, 0.4) is 0 Å². The summed E-state index contributed by atoms with van der Waals surface area (Å²) < 4.78 is 45.6. The molecule has 3 N–H and O–H groups in total. The molecule has 1 unspecified atom stereocenters. The first-order chi connectivity index (χ1) is 25.5. The second-order valence-corrected chi connectivity index (χ2v) is 17.6. The highest BCUT2D eigenvalue weighted by atomic mass is 32.2. The minimum atomic E-state index is -3.86. The summed E-state index contributed by atoms with van der Waals surface area (Å²) >= 11 is 0. The number of carbonyl (C=O) groups is 4. The van der Waals surface area contributed by atoms with Crippen molar-refractivity contribution in [2.45, 2.75) is 125 Å². The molecule has 5 atom stereocenters. The Morgan fingerprint density at radius 3 is 2.42 bits per heavy atom. The van der Waals surface area contributed by atoms with Gasteiger partial charge in [-0.15, -0.1) is 0 Å². The van der Waals surface area contributed by atoms with Gasteiger partial charge in [0, 0.05) is 13.5 Å². The molecule has 53 heavy (non-hydrogen) atoms. The number of amides is 4. The molecule has 2 saturated heterocycles. The van der Waals surface area contributed by atoms with E-state index in [9.17, 15) is 27.6 Å². The number of hydrogen-bond acceptors (Lipinski definition) is 9. The number of alkyl carbamates (subject to hydrolysis) is 1. The van der Waals surface area contributed by atoms with Crippen LogP contribution in [0.25, 0.3) is 10.8 Å². The highest BCUT2D eigenvalue weighted by Crippen LogP contribution is 2.49. The summed E-state index contributed by atoms with van der Waals surface area (Å²) in [7, 11) is -0.629. The number of sulfonamides is 1. The number of fused-ring (bicyclic) bond motifs is 6. The Kier molecular flexibility index (Phi) is 10.6. The number of nitrogens with zero attached hydrogens (tertiary/aromatic N) is 1. The van der Waals surface area contributed by atoms with Crippen LogP contribution < -0.4 is 20.1 Å². The predicted molar refractivity (Wildman–Crippen MR) is 197 cm³/mol. The van der Waals surface area contributed by atoms with Gasteiger partial charge in [-0.05, 0) is 97.4 Å². The molecule has 0 aromatic heterocycles. The highest BCUT2D eigenvalue weighted by molar-refractivity contribution is 7.91. The molecule has 0 radical (unpaired) electrons. The lowest BCUT2D eigenvalue weighted by atomic mass is 9.88. The van der Waals surface area contributed by atoms with Crippen molar-refractivity contribution in [1.29, 1.82) is 0 Å². The molecule has 2 aliphatic carbocycles. The Morgan fingerprint density at radius 2 is 1.66 bits per heavy atom. The van der Waals surface area contributed by atoms with Crippen LogP contribution >= 0.6 is 0 Å². The Balaban J connectivity index is 1.28. The van der Waals surface area contributed by atoms with Gasteiger partial charge in [0.05, 0.1) is 25.5 Å². The SMILES string of the molecule is COc1cc2ccc3cc2cc1CCCCCCOC(=O)N[C@H]1CCCCCCC2C[C@@]2(C(=O)NS(=O)(=O)C2CC2)NC(=O)[C@@H]2C[C@]3(OC)CN2C1=O. The topological polar surface area (TPSA) is 169 Å². The molecule has 3 heterocycles. The van der Waals surface area contributed by atoms with E-state index in [0.29, 0.717) is 44.9 Å². The number of methoxy groups -OCH3 is 2. The first-order valence-corrected chi connectivity index (χ1v) is 20.8. The van der Waals surface area contributed by atoms with Gasteiger partial charge < -0.3 is 29.7 Å². The maximum absolute atomic E-state index is 14.6. The van der Waals surface area contributed by atoms with Crippen molar-refractivity contribution in [1.82, 2.24) is 20.3 Å². The third-order valence-corrected chi connectivity index (χ3v) is 13.9. The van der Waals surface area contributed by atoms with Crippen LogP contribution in [0.15, 0.2) is 30.3 Å². The molecule has 2 saturated carbocycles. The maximum Gasteiger partial charge on any atom is 0.407 e. The highest BCUT2D eigenvalue weighted by Gasteiger charge is 2.63. The van der Waals surface area contributed by atoms with Crippen LogP contribution in [-0.2, 0) is 45.9 Å². The van der Waals surface area contributed by atoms with Crippen LogP contribution in [0.2, 0.25) is 0 Å². The summed E-state index contributed by atoms with van der Waals surface area (Å²) in [4.78, 5) is 57.6. The molecule has 6 bridgehead atoms.